The minimum atomic E-state index is -0.425. The van der Waals surface area contributed by atoms with Crippen LogP contribution in [0.1, 0.15) is 16.5 Å². The molecule has 0 aliphatic heterocycles. The van der Waals surface area contributed by atoms with Crippen molar-refractivity contribution in [1.29, 1.82) is 5.26 Å². The summed E-state index contributed by atoms with van der Waals surface area (Å²) in [6.07, 6.45) is 0. The second kappa shape index (κ2) is 7.60. The third kappa shape index (κ3) is 2.67. The van der Waals surface area contributed by atoms with Gasteiger partial charge in [0.05, 0.1) is 56.5 Å². The highest BCUT2D eigenvalue weighted by atomic mass is 15.0. The second-order valence-electron chi connectivity index (χ2n) is 8.23. The lowest BCUT2D eigenvalue weighted by molar-refractivity contribution is 1.14. The Morgan fingerprint density at radius 2 is 1.19 bits per heavy atom. The Morgan fingerprint density at radius 3 is 1.75 bits per heavy atom. The van der Waals surface area contributed by atoms with Gasteiger partial charge in [-0.2, -0.15) is 5.26 Å². The monoisotopic (exact) mass is 466 g/mol. The van der Waals surface area contributed by atoms with Crippen molar-refractivity contribution in [3.63, 3.8) is 0 Å². The minimum Gasteiger partial charge on any atom is -0.319 e. The maximum Gasteiger partial charge on any atom is 0.212 e. The highest BCUT2D eigenvalue weighted by Crippen LogP contribution is 2.39. The van der Waals surface area contributed by atoms with Gasteiger partial charge < -0.3 is 9.13 Å². The highest BCUT2D eigenvalue weighted by Gasteiger charge is 2.20. The van der Waals surface area contributed by atoms with Gasteiger partial charge in [-0.15, -0.1) is 0 Å². The van der Waals surface area contributed by atoms with Crippen molar-refractivity contribution in [1.82, 2.24) is 9.13 Å². The molecule has 2 heterocycles. The van der Waals surface area contributed by atoms with Crippen LogP contribution in [0.2, 0.25) is 0 Å². The largest absolute Gasteiger partial charge is 0.319 e. The minimum absolute atomic E-state index is 0.0702. The Balaban J connectivity index is 1.66. The summed E-state index contributed by atoms with van der Waals surface area (Å²) in [5, 5.41) is 12.2. The van der Waals surface area contributed by atoms with Crippen LogP contribution in [0.4, 0.5) is 5.69 Å². The summed E-state index contributed by atoms with van der Waals surface area (Å²) in [6, 6.07) is 16.6. The van der Waals surface area contributed by atoms with Crippen molar-refractivity contribution >= 4 is 49.3 Å². The molecule has 166 valence electrons. The molecule has 0 spiro atoms. The predicted molar refractivity (Wildman–Crippen MR) is 146 cm³/mol. The zero-order valence-electron chi connectivity index (χ0n) is 26.6. The van der Waals surface area contributed by atoms with Gasteiger partial charge in [-0.05, 0) is 36.4 Å². The summed E-state index contributed by atoms with van der Waals surface area (Å²) in [5.74, 6) is 0. The number of nitriles is 1. The molecule has 0 N–H and O–H groups in total. The number of hydrogen-bond donors (Lipinski definition) is 0. The maximum atomic E-state index is 10.5. The number of aromatic nitrogens is 2. The van der Waals surface area contributed by atoms with Gasteiger partial charge in [-0.1, -0.05) is 72.7 Å². The van der Waals surface area contributed by atoms with Crippen LogP contribution < -0.4 is 0 Å². The third-order valence-electron chi connectivity index (χ3n) is 6.43. The van der Waals surface area contributed by atoms with Gasteiger partial charge in [0.1, 0.15) is 6.07 Å². The first-order valence-electron chi connectivity index (χ1n) is 15.1. The summed E-state index contributed by atoms with van der Waals surface area (Å²) < 4.78 is 71.1. The highest BCUT2D eigenvalue weighted by molar-refractivity contribution is 6.11. The topological polar surface area (TPSA) is 38.0 Å². The zero-order chi connectivity index (χ0) is 31.2. The molecule has 7 rings (SSSR count). The van der Waals surface area contributed by atoms with Crippen molar-refractivity contribution in [3.8, 4) is 17.4 Å². The van der Waals surface area contributed by atoms with Gasteiger partial charge in [0.15, 0.2) is 0 Å². The predicted octanol–water partition coefficient (Wildman–Crippen LogP) is 8.30. The van der Waals surface area contributed by atoms with Crippen LogP contribution in [0.3, 0.4) is 0 Å². The molecule has 0 saturated heterocycles. The molecule has 0 aliphatic carbocycles. The van der Waals surface area contributed by atoms with Crippen LogP contribution in [0.15, 0.2) is 109 Å². The van der Waals surface area contributed by atoms with Gasteiger partial charge in [0, 0.05) is 21.5 Å². The lowest BCUT2D eigenvalue weighted by Crippen LogP contribution is -2.01. The number of hydrogen-bond acceptors (Lipinski definition) is 1. The van der Waals surface area contributed by atoms with E-state index in [-0.39, 0.29) is 69.9 Å². The summed E-state index contributed by atoms with van der Waals surface area (Å²) in [7, 11) is 0. The van der Waals surface area contributed by atoms with E-state index in [4.69, 9.17) is 17.5 Å². The van der Waals surface area contributed by atoms with Gasteiger partial charge >= 0.3 is 0 Å². The van der Waals surface area contributed by atoms with Gasteiger partial charge in [0.25, 0.3) is 0 Å². The van der Waals surface area contributed by atoms with Gasteiger partial charge in [-0.25, -0.2) is 4.85 Å². The molecule has 7 aromatic rings. The fraction of sp³-hybridized carbons (Fsp3) is 0. The number of rotatable bonds is 2. The van der Waals surface area contributed by atoms with E-state index in [9.17, 15) is 5.26 Å². The van der Waals surface area contributed by atoms with E-state index in [1.807, 2.05) is 0 Å². The molecule has 36 heavy (non-hydrogen) atoms. The Hall–Kier alpha value is -5.32. The Bertz CT molecular complexity index is 2340. The summed E-state index contributed by atoms with van der Waals surface area (Å²) in [6.45, 7) is 8.14. The molecule has 0 atom stereocenters. The second-order valence-corrected chi connectivity index (χ2v) is 8.23. The Morgan fingerprint density at radius 1 is 0.667 bits per heavy atom. The zero-order valence-corrected chi connectivity index (χ0v) is 18.6. The number of benzene rings is 5. The summed E-state index contributed by atoms with van der Waals surface area (Å²) >= 11 is 0. The first-order valence-corrected chi connectivity index (χ1v) is 11.1. The molecule has 0 aliphatic rings. The lowest BCUT2D eigenvalue weighted by Gasteiger charge is -2.15. The average Bonchev–Trinajstić information content (AvgIpc) is 3.57. The Labute approximate surface area is 218 Å². The number of para-hydroxylation sites is 4. The Kier molecular flexibility index (Phi) is 2.86. The van der Waals surface area contributed by atoms with Crippen LogP contribution in [-0.2, 0) is 0 Å². The van der Waals surface area contributed by atoms with E-state index in [0.29, 0.717) is 32.6 Å². The summed E-state index contributed by atoms with van der Waals surface area (Å²) in [4.78, 5) is 3.77. The van der Waals surface area contributed by atoms with Crippen molar-refractivity contribution in [2.75, 3.05) is 0 Å². The van der Waals surface area contributed by atoms with Gasteiger partial charge in [0.2, 0.25) is 5.69 Å². The normalized spacial score (nSPS) is 14.4. The molecule has 0 bridgehead atoms. The molecule has 4 nitrogen and oxygen atoms in total. The van der Waals surface area contributed by atoms with E-state index in [0.717, 1.165) is 0 Å². The van der Waals surface area contributed by atoms with Crippen LogP contribution in [0.5, 0.6) is 0 Å². The first-order chi connectivity index (χ1) is 21.1. The van der Waals surface area contributed by atoms with Crippen molar-refractivity contribution in [2.24, 2.45) is 0 Å². The van der Waals surface area contributed by atoms with E-state index >= 15 is 0 Å². The third-order valence-corrected chi connectivity index (χ3v) is 6.43. The van der Waals surface area contributed by atoms with Crippen LogP contribution in [0, 0.1) is 17.9 Å². The van der Waals surface area contributed by atoms with E-state index < -0.39 is 12.1 Å². The maximum absolute atomic E-state index is 10.5. The molecule has 0 fully saturated rings. The molecular formula is C32H18N4. The molecule has 0 saturated carbocycles. The first kappa shape index (κ1) is 13.5. The van der Waals surface area contributed by atoms with Crippen LogP contribution >= 0.6 is 0 Å². The fourth-order valence-electron chi connectivity index (χ4n) is 4.95. The average molecular weight is 467 g/mol. The molecule has 5 aromatic carbocycles. The molecule has 2 aromatic heterocycles. The SMILES string of the molecule is [2H]c1c([2H])c([2H])c2c(c1[2H])c1ccccc1n2-c1cc([N+]#[C-])c(-n2c3ccccc3c3c([2H])c([2H])c([2H])c([2H])c32)cc1C#N. The van der Waals surface area contributed by atoms with Crippen molar-refractivity contribution < 1.29 is 11.0 Å². The molecule has 0 radical (unpaired) electrons. The van der Waals surface area contributed by atoms with Crippen LogP contribution in [-0.4, -0.2) is 9.13 Å². The van der Waals surface area contributed by atoms with Gasteiger partial charge in [-0.3, -0.25) is 0 Å². The standard InChI is InChI=1S/C32H18N4/c1-34-26-19-31(35-27-14-6-2-10-22(27)23-11-3-7-15-28(23)35)21(20-33)18-32(26)36-29-16-8-4-12-24(29)25-13-5-9-17-30(25)36/h2-19H/i2D,4D,6D,8D,10D,12D,14D,16D. The van der Waals surface area contributed by atoms with Crippen molar-refractivity contribution in [2.45, 2.75) is 0 Å². The quantitative estimate of drug-likeness (QED) is 0.236. The lowest BCUT2D eigenvalue weighted by atomic mass is 10.1. The molecular weight excluding hydrogens is 440 g/mol. The van der Waals surface area contributed by atoms with E-state index in [1.165, 1.54) is 12.1 Å². The van der Waals surface area contributed by atoms with Crippen molar-refractivity contribution in [3.05, 3.63) is 126 Å². The molecule has 0 amide bonds. The fourth-order valence-corrected chi connectivity index (χ4v) is 4.95. The molecule has 4 heteroatoms. The number of nitrogens with zero attached hydrogens (tertiary/aromatic N) is 4. The van der Waals surface area contributed by atoms with E-state index in [1.54, 1.807) is 57.7 Å². The van der Waals surface area contributed by atoms with E-state index in [2.05, 4.69) is 10.9 Å². The van der Waals surface area contributed by atoms with Crippen LogP contribution in [0.25, 0.3) is 59.8 Å². The smallest absolute Gasteiger partial charge is 0.212 e. The molecule has 0 unspecified atom stereocenters. The number of fused-ring (bicyclic) bond motifs is 6. The summed E-state index contributed by atoms with van der Waals surface area (Å²) in [5.41, 5.74) is 2.03.